The number of nitrogens with one attached hydrogen (secondary N) is 1. The zero-order valence-corrected chi connectivity index (χ0v) is 19.0. The van der Waals surface area contributed by atoms with E-state index in [1.165, 1.54) is 0 Å². The van der Waals surface area contributed by atoms with E-state index in [-0.39, 0.29) is 11.7 Å². The molecular formula is C26H22Cl2N2O2. The Morgan fingerprint density at radius 2 is 1.66 bits per heavy atom. The van der Waals surface area contributed by atoms with E-state index in [9.17, 15) is 9.59 Å². The van der Waals surface area contributed by atoms with Gasteiger partial charge in [-0.1, -0.05) is 71.7 Å². The molecule has 1 amide bonds. The first-order chi connectivity index (χ1) is 15.4. The van der Waals surface area contributed by atoms with Crippen molar-refractivity contribution in [3.63, 3.8) is 0 Å². The highest BCUT2D eigenvalue weighted by molar-refractivity contribution is 6.31. The SMILES string of the molecule is C[C@]1(C(=O)Nc2ccc(Cl)cc2C(=O)c2ccccc2)CC=CN1Cc1ccc(Cl)cc1. The smallest absolute Gasteiger partial charge is 0.250 e. The molecular weight excluding hydrogens is 443 g/mol. The fourth-order valence-corrected chi connectivity index (χ4v) is 4.04. The van der Waals surface area contributed by atoms with E-state index in [2.05, 4.69) is 5.32 Å². The van der Waals surface area contributed by atoms with Crippen LogP contribution in [0.2, 0.25) is 10.0 Å². The molecule has 0 aliphatic carbocycles. The zero-order chi connectivity index (χ0) is 22.7. The normalized spacial score (nSPS) is 17.4. The van der Waals surface area contributed by atoms with Crippen LogP contribution in [0.1, 0.15) is 34.8 Å². The van der Waals surface area contributed by atoms with Gasteiger partial charge in [0.1, 0.15) is 5.54 Å². The van der Waals surface area contributed by atoms with Crippen LogP contribution in [0.3, 0.4) is 0 Å². The number of rotatable bonds is 6. The molecule has 0 saturated carbocycles. The minimum absolute atomic E-state index is 0.194. The average molecular weight is 465 g/mol. The second-order valence-corrected chi connectivity index (χ2v) is 8.83. The van der Waals surface area contributed by atoms with Crippen molar-refractivity contribution in [3.8, 4) is 0 Å². The van der Waals surface area contributed by atoms with Gasteiger partial charge >= 0.3 is 0 Å². The molecule has 0 bridgehead atoms. The summed E-state index contributed by atoms with van der Waals surface area (Å²) in [5, 5.41) is 4.08. The molecule has 1 aliphatic heterocycles. The third kappa shape index (κ3) is 4.57. The molecule has 0 fully saturated rings. The molecule has 0 aromatic heterocycles. The lowest BCUT2D eigenvalue weighted by atomic mass is 9.95. The maximum absolute atomic E-state index is 13.4. The largest absolute Gasteiger partial charge is 0.359 e. The van der Waals surface area contributed by atoms with E-state index in [4.69, 9.17) is 23.2 Å². The van der Waals surface area contributed by atoms with E-state index >= 15 is 0 Å². The first-order valence-electron chi connectivity index (χ1n) is 10.3. The standard InChI is InChI=1S/C26H22Cl2N2O2/c1-26(14-5-15-30(26)17-18-8-10-20(27)11-9-18)25(32)29-23-13-12-21(28)16-22(23)24(31)19-6-3-2-4-7-19/h2-13,15-16H,14,17H2,1H3,(H,29,32)/t26-/m1/s1. The Morgan fingerprint density at radius 3 is 2.38 bits per heavy atom. The van der Waals surface area contributed by atoms with Crippen molar-refractivity contribution in [2.24, 2.45) is 0 Å². The van der Waals surface area contributed by atoms with Crippen LogP contribution in [0.5, 0.6) is 0 Å². The molecule has 0 spiro atoms. The summed E-state index contributed by atoms with van der Waals surface area (Å²) in [7, 11) is 0. The van der Waals surface area contributed by atoms with Crippen LogP contribution in [0.4, 0.5) is 5.69 Å². The second-order valence-electron chi connectivity index (χ2n) is 7.96. The Hall–Kier alpha value is -3.08. The van der Waals surface area contributed by atoms with E-state index in [1.54, 1.807) is 42.5 Å². The van der Waals surface area contributed by atoms with Crippen LogP contribution >= 0.6 is 23.2 Å². The Kier molecular flexibility index (Phi) is 6.35. The van der Waals surface area contributed by atoms with Gasteiger partial charge in [-0.05, 0) is 55.4 Å². The third-order valence-electron chi connectivity index (χ3n) is 5.70. The molecule has 1 heterocycles. The minimum Gasteiger partial charge on any atom is -0.359 e. The van der Waals surface area contributed by atoms with Gasteiger partial charge in [-0.25, -0.2) is 0 Å². The Morgan fingerprint density at radius 1 is 0.969 bits per heavy atom. The maximum Gasteiger partial charge on any atom is 0.250 e. The van der Waals surface area contributed by atoms with Gasteiger partial charge in [0.05, 0.1) is 5.69 Å². The van der Waals surface area contributed by atoms with Crippen molar-refractivity contribution < 1.29 is 9.59 Å². The van der Waals surface area contributed by atoms with E-state index < -0.39 is 5.54 Å². The summed E-state index contributed by atoms with van der Waals surface area (Å²) in [5.74, 6) is -0.392. The number of hydrogen-bond acceptors (Lipinski definition) is 3. The molecule has 1 atom stereocenters. The maximum atomic E-state index is 13.4. The van der Waals surface area contributed by atoms with Gasteiger partial charge in [-0.3, -0.25) is 9.59 Å². The predicted octanol–water partition coefficient (Wildman–Crippen LogP) is 6.34. The zero-order valence-electron chi connectivity index (χ0n) is 17.5. The van der Waals surface area contributed by atoms with Crippen LogP contribution in [-0.2, 0) is 11.3 Å². The Balaban J connectivity index is 1.58. The number of amides is 1. The van der Waals surface area contributed by atoms with Gasteiger partial charge in [0, 0.05) is 27.7 Å². The predicted molar refractivity (Wildman–Crippen MR) is 129 cm³/mol. The van der Waals surface area contributed by atoms with Crippen molar-refractivity contribution in [3.05, 3.63) is 112 Å². The lowest BCUT2D eigenvalue weighted by molar-refractivity contribution is -0.125. The van der Waals surface area contributed by atoms with Crippen LogP contribution in [0.25, 0.3) is 0 Å². The van der Waals surface area contributed by atoms with Crippen LogP contribution in [-0.4, -0.2) is 22.1 Å². The highest BCUT2D eigenvalue weighted by Gasteiger charge is 2.40. The van der Waals surface area contributed by atoms with E-state index in [0.717, 1.165) is 5.56 Å². The fraction of sp³-hybridized carbons (Fsp3) is 0.154. The molecule has 0 saturated heterocycles. The highest BCUT2D eigenvalue weighted by atomic mass is 35.5. The molecule has 1 aliphatic rings. The summed E-state index contributed by atoms with van der Waals surface area (Å²) in [6, 6.07) is 21.4. The Bertz CT molecular complexity index is 1180. The van der Waals surface area contributed by atoms with Gasteiger partial charge in [0.2, 0.25) is 5.91 Å². The van der Waals surface area contributed by atoms with Gasteiger partial charge in [0.25, 0.3) is 0 Å². The third-order valence-corrected chi connectivity index (χ3v) is 6.19. The second kappa shape index (κ2) is 9.19. The molecule has 3 aromatic carbocycles. The molecule has 4 rings (SSSR count). The molecule has 1 N–H and O–H groups in total. The van der Waals surface area contributed by atoms with Gasteiger partial charge in [-0.2, -0.15) is 0 Å². The number of ketones is 1. The lowest BCUT2D eigenvalue weighted by Gasteiger charge is -2.35. The molecule has 0 radical (unpaired) electrons. The number of carbonyl (C=O) groups excluding carboxylic acids is 2. The molecule has 162 valence electrons. The van der Waals surface area contributed by atoms with Crippen molar-refractivity contribution in [2.75, 3.05) is 5.32 Å². The lowest BCUT2D eigenvalue weighted by Crippen LogP contribution is -2.49. The van der Waals surface area contributed by atoms with Crippen molar-refractivity contribution in [1.29, 1.82) is 0 Å². The molecule has 6 heteroatoms. The number of halogens is 2. The summed E-state index contributed by atoms with van der Waals surface area (Å²) in [5.41, 5.74) is 1.57. The summed E-state index contributed by atoms with van der Waals surface area (Å²) in [6.45, 7) is 2.46. The summed E-state index contributed by atoms with van der Waals surface area (Å²) < 4.78 is 0. The summed E-state index contributed by atoms with van der Waals surface area (Å²) in [6.07, 6.45) is 4.47. The van der Waals surface area contributed by atoms with E-state index in [0.29, 0.717) is 39.8 Å². The number of hydrogen-bond donors (Lipinski definition) is 1. The first-order valence-corrected chi connectivity index (χ1v) is 11.0. The highest BCUT2D eigenvalue weighted by Crippen LogP contribution is 2.32. The Labute approximate surface area is 197 Å². The quantitative estimate of drug-likeness (QED) is 0.432. The van der Waals surface area contributed by atoms with Crippen LogP contribution < -0.4 is 5.32 Å². The van der Waals surface area contributed by atoms with Crippen LogP contribution in [0, 0.1) is 0 Å². The van der Waals surface area contributed by atoms with Crippen molar-refractivity contribution in [1.82, 2.24) is 4.90 Å². The monoisotopic (exact) mass is 464 g/mol. The average Bonchev–Trinajstić information content (AvgIpc) is 3.18. The van der Waals surface area contributed by atoms with Crippen molar-refractivity contribution >= 4 is 40.6 Å². The van der Waals surface area contributed by atoms with Gasteiger partial charge in [-0.15, -0.1) is 0 Å². The molecule has 32 heavy (non-hydrogen) atoms. The summed E-state index contributed by atoms with van der Waals surface area (Å²) >= 11 is 12.2. The van der Waals surface area contributed by atoms with Crippen LogP contribution in [0.15, 0.2) is 85.1 Å². The molecule has 4 nitrogen and oxygen atoms in total. The first kappa shape index (κ1) is 22.1. The van der Waals surface area contributed by atoms with E-state index in [1.807, 2.05) is 54.4 Å². The number of anilines is 1. The molecule has 3 aromatic rings. The van der Waals surface area contributed by atoms with Gasteiger partial charge < -0.3 is 10.2 Å². The minimum atomic E-state index is -0.799. The van der Waals surface area contributed by atoms with Crippen molar-refractivity contribution in [2.45, 2.75) is 25.4 Å². The number of benzene rings is 3. The topological polar surface area (TPSA) is 49.4 Å². The number of carbonyl (C=O) groups is 2. The molecule has 0 unspecified atom stereocenters. The number of nitrogens with zero attached hydrogens (tertiary/aromatic N) is 1. The summed E-state index contributed by atoms with van der Waals surface area (Å²) in [4.78, 5) is 28.5. The fourth-order valence-electron chi connectivity index (χ4n) is 3.74. The van der Waals surface area contributed by atoms with Gasteiger partial charge in [0.15, 0.2) is 5.78 Å².